The van der Waals surface area contributed by atoms with Crippen LogP contribution in [0.3, 0.4) is 0 Å². The average Bonchev–Trinajstić information content (AvgIpc) is 3.12. The summed E-state index contributed by atoms with van der Waals surface area (Å²) in [4.78, 5) is 34.9. The molecular formula is C18H19N5O2S. The van der Waals surface area contributed by atoms with Gasteiger partial charge < -0.3 is 5.32 Å². The lowest BCUT2D eigenvalue weighted by Gasteiger charge is -2.20. The van der Waals surface area contributed by atoms with Crippen molar-refractivity contribution in [3.8, 4) is 0 Å². The number of amides is 1. The van der Waals surface area contributed by atoms with Crippen LogP contribution in [0.25, 0.3) is 5.65 Å². The summed E-state index contributed by atoms with van der Waals surface area (Å²) in [6.07, 6.45) is 6.93. The van der Waals surface area contributed by atoms with Gasteiger partial charge in [-0.3, -0.25) is 19.3 Å². The standard InChI is InChI=1S/C18H19N5O2S/c1-11-3-2-8-23-15(11)20-9-13(17(23)25)16(24)22-18-21-10-14(26-18)12-4-6-19-7-5-12/h2-3,8-10,12,19H,4-7H2,1H3,(H,21,22,24). The van der Waals surface area contributed by atoms with Gasteiger partial charge in [-0.2, -0.15) is 0 Å². The van der Waals surface area contributed by atoms with E-state index in [0.717, 1.165) is 31.5 Å². The summed E-state index contributed by atoms with van der Waals surface area (Å²) >= 11 is 1.47. The third-order valence-electron chi connectivity index (χ3n) is 4.66. The summed E-state index contributed by atoms with van der Waals surface area (Å²) in [5.41, 5.74) is 1.05. The normalized spacial score (nSPS) is 15.3. The molecule has 3 aromatic rings. The maximum Gasteiger partial charge on any atom is 0.270 e. The van der Waals surface area contributed by atoms with Crippen molar-refractivity contribution in [3.05, 3.63) is 57.1 Å². The highest BCUT2D eigenvalue weighted by Crippen LogP contribution is 2.31. The number of hydrogen-bond acceptors (Lipinski definition) is 6. The molecule has 0 spiro atoms. The van der Waals surface area contributed by atoms with Gasteiger partial charge in [0, 0.05) is 23.5 Å². The zero-order valence-corrected chi connectivity index (χ0v) is 15.2. The molecule has 0 saturated carbocycles. The van der Waals surface area contributed by atoms with Gasteiger partial charge in [0.25, 0.3) is 11.5 Å². The van der Waals surface area contributed by atoms with Gasteiger partial charge in [-0.05, 0) is 50.4 Å². The molecule has 0 unspecified atom stereocenters. The number of nitrogens with zero attached hydrogens (tertiary/aromatic N) is 3. The van der Waals surface area contributed by atoms with E-state index >= 15 is 0 Å². The maximum absolute atomic E-state index is 12.6. The highest BCUT2D eigenvalue weighted by atomic mass is 32.1. The van der Waals surface area contributed by atoms with E-state index in [1.807, 2.05) is 19.2 Å². The molecule has 0 aliphatic carbocycles. The number of piperidine rings is 1. The van der Waals surface area contributed by atoms with E-state index in [4.69, 9.17) is 0 Å². The largest absolute Gasteiger partial charge is 0.317 e. The predicted molar refractivity (Wildman–Crippen MR) is 101 cm³/mol. The molecule has 1 aliphatic rings. The number of pyridine rings is 1. The van der Waals surface area contributed by atoms with E-state index in [1.165, 1.54) is 26.8 Å². The van der Waals surface area contributed by atoms with Gasteiger partial charge in [-0.1, -0.05) is 6.07 Å². The van der Waals surface area contributed by atoms with E-state index < -0.39 is 5.91 Å². The van der Waals surface area contributed by atoms with Gasteiger partial charge in [0.05, 0.1) is 0 Å². The molecule has 2 N–H and O–H groups in total. The predicted octanol–water partition coefficient (Wildman–Crippen LogP) is 2.18. The molecule has 1 fully saturated rings. The monoisotopic (exact) mass is 369 g/mol. The minimum Gasteiger partial charge on any atom is -0.317 e. The number of carbonyl (C=O) groups excluding carboxylic acids is 1. The Balaban J connectivity index is 1.57. The molecule has 3 aromatic heterocycles. The summed E-state index contributed by atoms with van der Waals surface area (Å²) in [5.74, 6) is -0.0000419. The first-order valence-corrected chi connectivity index (χ1v) is 9.40. The third-order valence-corrected chi connectivity index (χ3v) is 5.73. The fraction of sp³-hybridized carbons (Fsp3) is 0.333. The number of nitrogens with one attached hydrogen (secondary N) is 2. The maximum atomic E-state index is 12.6. The molecule has 0 bridgehead atoms. The van der Waals surface area contributed by atoms with Crippen molar-refractivity contribution >= 4 is 28.0 Å². The highest BCUT2D eigenvalue weighted by molar-refractivity contribution is 7.15. The fourth-order valence-corrected chi connectivity index (χ4v) is 4.19. The zero-order valence-electron chi connectivity index (χ0n) is 14.4. The third kappa shape index (κ3) is 3.13. The van der Waals surface area contributed by atoms with Gasteiger partial charge in [-0.25, -0.2) is 9.97 Å². The Kier molecular flexibility index (Phi) is 4.52. The molecular weight excluding hydrogens is 350 g/mol. The van der Waals surface area contributed by atoms with E-state index in [2.05, 4.69) is 20.6 Å². The molecule has 1 saturated heterocycles. The molecule has 1 amide bonds. The molecule has 4 rings (SSSR count). The number of aryl methyl sites for hydroxylation is 1. The van der Waals surface area contributed by atoms with Crippen molar-refractivity contribution in [2.75, 3.05) is 18.4 Å². The van der Waals surface area contributed by atoms with Crippen LogP contribution < -0.4 is 16.2 Å². The van der Waals surface area contributed by atoms with Crippen LogP contribution in [0.4, 0.5) is 5.13 Å². The number of fused-ring (bicyclic) bond motifs is 1. The number of aromatic nitrogens is 3. The molecule has 1 aliphatic heterocycles. The van der Waals surface area contributed by atoms with Crippen molar-refractivity contribution in [2.24, 2.45) is 0 Å². The lowest BCUT2D eigenvalue weighted by atomic mass is 9.97. The van der Waals surface area contributed by atoms with Crippen molar-refractivity contribution in [2.45, 2.75) is 25.7 Å². The second-order valence-electron chi connectivity index (χ2n) is 6.41. The van der Waals surface area contributed by atoms with E-state index in [1.54, 1.807) is 12.3 Å². The van der Waals surface area contributed by atoms with Gasteiger partial charge in [0.2, 0.25) is 0 Å². The number of carbonyl (C=O) groups is 1. The zero-order chi connectivity index (χ0) is 18.1. The number of thiazole rings is 1. The summed E-state index contributed by atoms with van der Waals surface area (Å²) in [6.45, 7) is 3.88. The molecule has 0 atom stereocenters. The number of hydrogen-bond donors (Lipinski definition) is 2. The summed E-state index contributed by atoms with van der Waals surface area (Å²) in [6, 6.07) is 3.64. The highest BCUT2D eigenvalue weighted by Gasteiger charge is 2.20. The Hall–Kier alpha value is -2.58. The summed E-state index contributed by atoms with van der Waals surface area (Å²) < 4.78 is 1.40. The van der Waals surface area contributed by atoms with Gasteiger partial charge >= 0.3 is 0 Å². The first-order valence-electron chi connectivity index (χ1n) is 8.58. The van der Waals surface area contributed by atoms with Crippen LogP contribution in [0, 0.1) is 6.92 Å². The Morgan fingerprint density at radius 1 is 1.31 bits per heavy atom. The van der Waals surface area contributed by atoms with E-state index in [-0.39, 0.29) is 11.1 Å². The molecule has 0 aromatic carbocycles. The lowest BCUT2D eigenvalue weighted by Crippen LogP contribution is -2.27. The van der Waals surface area contributed by atoms with Crippen molar-refractivity contribution < 1.29 is 4.79 Å². The Bertz CT molecular complexity index is 1020. The van der Waals surface area contributed by atoms with Crippen molar-refractivity contribution in [3.63, 3.8) is 0 Å². The minimum absolute atomic E-state index is 0.00622. The molecule has 4 heterocycles. The van der Waals surface area contributed by atoms with Crippen LogP contribution in [0.1, 0.15) is 39.6 Å². The minimum atomic E-state index is -0.482. The van der Waals surface area contributed by atoms with Crippen LogP contribution >= 0.6 is 11.3 Å². The van der Waals surface area contributed by atoms with Crippen LogP contribution in [-0.4, -0.2) is 33.4 Å². The Morgan fingerprint density at radius 2 is 2.12 bits per heavy atom. The van der Waals surface area contributed by atoms with Crippen LogP contribution in [-0.2, 0) is 0 Å². The fourth-order valence-electron chi connectivity index (χ4n) is 3.21. The summed E-state index contributed by atoms with van der Waals surface area (Å²) in [7, 11) is 0. The summed E-state index contributed by atoms with van der Waals surface area (Å²) in [5, 5.41) is 6.59. The van der Waals surface area contributed by atoms with E-state index in [9.17, 15) is 9.59 Å². The van der Waals surface area contributed by atoms with Gasteiger partial charge in [0.1, 0.15) is 11.2 Å². The van der Waals surface area contributed by atoms with Crippen LogP contribution in [0.2, 0.25) is 0 Å². The SMILES string of the molecule is Cc1cccn2c(=O)c(C(=O)Nc3ncc(C4CCNCC4)s3)cnc12. The molecule has 7 nitrogen and oxygen atoms in total. The number of rotatable bonds is 3. The Labute approximate surface area is 154 Å². The van der Waals surface area contributed by atoms with Gasteiger partial charge in [-0.15, -0.1) is 11.3 Å². The van der Waals surface area contributed by atoms with Crippen molar-refractivity contribution in [1.82, 2.24) is 19.7 Å². The molecule has 8 heteroatoms. The smallest absolute Gasteiger partial charge is 0.270 e. The lowest BCUT2D eigenvalue weighted by molar-refractivity contribution is 0.102. The quantitative estimate of drug-likeness (QED) is 0.739. The first-order chi connectivity index (χ1) is 12.6. The number of anilines is 1. The van der Waals surface area contributed by atoms with Crippen LogP contribution in [0.5, 0.6) is 0 Å². The Morgan fingerprint density at radius 3 is 2.92 bits per heavy atom. The van der Waals surface area contributed by atoms with Crippen molar-refractivity contribution in [1.29, 1.82) is 0 Å². The molecule has 134 valence electrons. The average molecular weight is 369 g/mol. The van der Waals surface area contributed by atoms with Gasteiger partial charge in [0.15, 0.2) is 5.13 Å². The van der Waals surface area contributed by atoms with E-state index in [0.29, 0.717) is 16.7 Å². The van der Waals surface area contributed by atoms with Crippen LogP contribution in [0.15, 0.2) is 35.5 Å². The molecule has 26 heavy (non-hydrogen) atoms. The second-order valence-corrected chi connectivity index (χ2v) is 7.47. The molecule has 0 radical (unpaired) electrons. The second kappa shape index (κ2) is 6.97. The topological polar surface area (TPSA) is 88.4 Å². The first kappa shape index (κ1) is 16.9.